The van der Waals surface area contributed by atoms with Crippen molar-refractivity contribution in [2.24, 2.45) is 0 Å². The van der Waals surface area contributed by atoms with Crippen LogP contribution in [0, 0.1) is 11.3 Å². The summed E-state index contributed by atoms with van der Waals surface area (Å²) in [4.78, 5) is 11.7. The van der Waals surface area contributed by atoms with Crippen LogP contribution in [0.5, 0.6) is 11.5 Å². The average molecular weight is 331 g/mol. The second kappa shape index (κ2) is 8.66. The standard InChI is InChI=1S/C17H15ClN2O3/c18-14-4-6-15(7-5-14)22-9-8-20-17(21)12-23-16-3-1-2-13(10-16)11-19/h1-7,10H,8-9,12H2,(H,20,21). The second-order valence-electron chi connectivity index (χ2n) is 4.58. The lowest BCUT2D eigenvalue weighted by molar-refractivity contribution is -0.123. The minimum absolute atomic E-state index is 0.115. The van der Waals surface area contributed by atoms with E-state index >= 15 is 0 Å². The van der Waals surface area contributed by atoms with Crippen LogP contribution < -0.4 is 14.8 Å². The number of amides is 1. The van der Waals surface area contributed by atoms with E-state index < -0.39 is 0 Å². The fraction of sp³-hybridized carbons (Fsp3) is 0.176. The van der Waals surface area contributed by atoms with Gasteiger partial charge in [0.25, 0.3) is 5.91 Å². The van der Waals surface area contributed by atoms with Gasteiger partial charge in [-0.3, -0.25) is 4.79 Å². The molecular weight excluding hydrogens is 316 g/mol. The number of nitriles is 1. The van der Waals surface area contributed by atoms with Crippen molar-refractivity contribution < 1.29 is 14.3 Å². The zero-order chi connectivity index (χ0) is 16.5. The quantitative estimate of drug-likeness (QED) is 0.792. The number of halogens is 1. The number of carbonyl (C=O) groups excluding carboxylic acids is 1. The number of nitrogens with zero attached hydrogens (tertiary/aromatic N) is 1. The fourth-order valence-corrected chi connectivity index (χ4v) is 1.87. The van der Waals surface area contributed by atoms with Crippen LogP contribution in [0.4, 0.5) is 0 Å². The molecule has 0 heterocycles. The molecule has 0 radical (unpaired) electrons. The summed E-state index contributed by atoms with van der Waals surface area (Å²) in [6, 6.07) is 15.6. The lowest BCUT2D eigenvalue weighted by Crippen LogP contribution is -2.32. The van der Waals surface area contributed by atoms with Crippen molar-refractivity contribution in [2.75, 3.05) is 19.8 Å². The molecule has 5 nitrogen and oxygen atoms in total. The number of hydrogen-bond acceptors (Lipinski definition) is 4. The number of benzene rings is 2. The number of hydrogen-bond donors (Lipinski definition) is 1. The Morgan fingerprint density at radius 2 is 1.91 bits per heavy atom. The van der Waals surface area contributed by atoms with Crippen molar-refractivity contribution in [3.05, 3.63) is 59.1 Å². The van der Waals surface area contributed by atoms with E-state index in [4.69, 9.17) is 26.3 Å². The summed E-state index contributed by atoms with van der Waals surface area (Å²) in [6.07, 6.45) is 0. The molecule has 0 aliphatic heterocycles. The smallest absolute Gasteiger partial charge is 0.258 e. The van der Waals surface area contributed by atoms with Crippen molar-refractivity contribution in [1.29, 1.82) is 5.26 Å². The normalized spacial score (nSPS) is 9.74. The predicted octanol–water partition coefficient (Wildman–Crippen LogP) is 2.79. The Bertz CT molecular complexity index is 696. The van der Waals surface area contributed by atoms with Gasteiger partial charge in [0.1, 0.15) is 18.1 Å². The molecule has 0 aliphatic carbocycles. The zero-order valence-corrected chi connectivity index (χ0v) is 13.0. The van der Waals surface area contributed by atoms with E-state index in [1.165, 1.54) is 0 Å². The van der Waals surface area contributed by atoms with E-state index in [0.29, 0.717) is 35.2 Å². The molecule has 2 aromatic rings. The van der Waals surface area contributed by atoms with Gasteiger partial charge in [-0.1, -0.05) is 17.7 Å². The van der Waals surface area contributed by atoms with E-state index in [9.17, 15) is 4.79 Å². The van der Waals surface area contributed by atoms with Gasteiger partial charge < -0.3 is 14.8 Å². The van der Waals surface area contributed by atoms with Crippen molar-refractivity contribution in [3.8, 4) is 17.6 Å². The third-order valence-corrected chi connectivity index (χ3v) is 3.09. The maximum Gasteiger partial charge on any atom is 0.258 e. The molecule has 1 amide bonds. The van der Waals surface area contributed by atoms with Crippen molar-refractivity contribution >= 4 is 17.5 Å². The molecule has 0 aromatic heterocycles. The van der Waals surface area contributed by atoms with Gasteiger partial charge in [-0.05, 0) is 42.5 Å². The minimum atomic E-state index is -0.257. The fourth-order valence-electron chi connectivity index (χ4n) is 1.75. The maximum absolute atomic E-state index is 11.7. The third kappa shape index (κ3) is 5.89. The molecular formula is C17H15ClN2O3. The summed E-state index contributed by atoms with van der Waals surface area (Å²) in [5.41, 5.74) is 0.485. The highest BCUT2D eigenvalue weighted by Gasteiger charge is 2.03. The van der Waals surface area contributed by atoms with Gasteiger partial charge in [0.2, 0.25) is 0 Å². The Balaban J connectivity index is 1.65. The summed E-state index contributed by atoms with van der Waals surface area (Å²) >= 11 is 5.77. The summed E-state index contributed by atoms with van der Waals surface area (Å²) in [7, 11) is 0. The topological polar surface area (TPSA) is 71.3 Å². The highest BCUT2D eigenvalue weighted by Crippen LogP contribution is 2.15. The largest absolute Gasteiger partial charge is 0.492 e. The SMILES string of the molecule is N#Cc1cccc(OCC(=O)NCCOc2ccc(Cl)cc2)c1. The summed E-state index contributed by atoms with van der Waals surface area (Å²) in [5.74, 6) is 0.914. The minimum Gasteiger partial charge on any atom is -0.492 e. The van der Waals surface area contributed by atoms with Crippen molar-refractivity contribution in [1.82, 2.24) is 5.32 Å². The lowest BCUT2D eigenvalue weighted by atomic mass is 10.2. The Labute approximate surface area is 139 Å². The van der Waals surface area contributed by atoms with Crippen LogP contribution in [-0.2, 0) is 4.79 Å². The summed E-state index contributed by atoms with van der Waals surface area (Å²) < 4.78 is 10.8. The summed E-state index contributed by atoms with van der Waals surface area (Å²) in [6.45, 7) is 0.593. The van der Waals surface area contributed by atoms with Crippen LogP contribution in [0.1, 0.15) is 5.56 Å². The van der Waals surface area contributed by atoms with Gasteiger partial charge in [-0.15, -0.1) is 0 Å². The first-order chi connectivity index (χ1) is 11.2. The van der Waals surface area contributed by atoms with Gasteiger partial charge in [0.05, 0.1) is 18.2 Å². The van der Waals surface area contributed by atoms with E-state index in [2.05, 4.69) is 5.32 Å². The van der Waals surface area contributed by atoms with Crippen LogP contribution in [0.15, 0.2) is 48.5 Å². The molecule has 0 bridgehead atoms. The lowest BCUT2D eigenvalue weighted by Gasteiger charge is -2.09. The first-order valence-electron chi connectivity index (χ1n) is 6.95. The Morgan fingerprint density at radius 3 is 2.65 bits per heavy atom. The molecule has 23 heavy (non-hydrogen) atoms. The molecule has 0 fully saturated rings. The van der Waals surface area contributed by atoms with Gasteiger partial charge in [0.15, 0.2) is 6.61 Å². The Morgan fingerprint density at radius 1 is 1.13 bits per heavy atom. The van der Waals surface area contributed by atoms with Crippen LogP contribution in [0.2, 0.25) is 5.02 Å². The first-order valence-corrected chi connectivity index (χ1v) is 7.33. The van der Waals surface area contributed by atoms with Gasteiger partial charge in [0, 0.05) is 5.02 Å². The molecule has 0 saturated heterocycles. The molecule has 0 spiro atoms. The van der Waals surface area contributed by atoms with Crippen LogP contribution in [-0.4, -0.2) is 25.7 Å². The molecule has 2 rings (SSSR count). The average Bonchev–Trinajstić information content (AvgIpc) is 2.58. The van der Waals surface area contributed by atoms with Crippen LogP contribution >= 0.6 is 11.6 Å². The second-order valence-corrected chi connectivity index (χ2v) is 5.02. The maximum atomic E-state index is 11.7. The molecule has 2 aromatic carbocycles. The van der Waals surface area contributed by atoms with Crippen LogP contribution in [0.25, 0.3) is 0 Å². The number of nitrogens with one attached hydrogen (secondary N) is 1. The van der Waals surface area contributed by atoms with Gasteiger partial charge in [-0.2, -0.15) is 5.26 Å². The third-order valence-electron chi connectivity index (χ3n) is 2.84. The first kappa shape index (κ1) is 16.7. The molecule has 0 saturated carbocycles. The monoisotopic (exact) mass is 330 g/mol. The van der Waals surface area contributed by atoms with E-state index in [1.54, 1.807) is 48.5 Å². The van der Waals surface area contributed by atoms with E-state index in [0.717, 1.165) is 0 Å². The van der Waals surface area contributed by atoms with E-state index in [-0.39, 0.29) is 12.5 Å². The number of ether oxygens (including phenoxy) is 2. The number of carbonyl (C=O) groups is 1. The zero-order valence-electron chi connectivity index (χ0n) is 12.3. The predicted molar refractivity (Wildman–Crippen MR) is 86.6 cm³/mol. The van der Waals surface area contributed by atoms with Crippen molar-refractivity contribution in [2.45, 2.75) is 0 Å². The van der Waals surface area contributed by atoms with E-state index in [1.807, 2.05) is 6.07 Å². The highest BCUT2D eigenvalue weighted by atomic mass is 35.5. The molecule has 0 unspecified atom stereocenters. The van der Waals surface area contributed by atoms with Crippen molar-refractivity contribution in [3.63, 3.8) is 0 Å². The molecule has 0 aliphatic rings. The summed E-state index contributed by atoms with van der Waals surface area (Å²) in [5, 5.41) is 12.1. The molecule has 1 N–H and O–H groups in total. The molecule has 6 heteroatoms. The molecule has 0 atom stereocenters. The number of rotatable bonds is 7. The van der Waals surface area contributed by atoms with Gasteiger partial charge >= 0.3 is 0 Å². The Kier molecular flexibility index (Phi) is 6.28. The Hall–Kier alpha value is -2.71. The van der Waals surface area contributed by atoms with Crippen LogP contribution in [0.3, 0.4) is 0 Å². The highest BCUT2D eigenvalue weighted by molar-refractivity contribution is 6.30. The van der Waals surface area contributed by atoms with Gasteiger partial charge in [-0.25, -0.2) is 0 Å². The molecule has 118 valence electrons.